The van der Waals surface area contributed by atoms with Gasteiger partial charge in [0.1, 0.15) is 11.6 Å². The highest BCUT2D eigenvalue weighted by Gasteiger charge is 2.29. The van der Waals surface area contributed by atoms with Crippen molar-refractivity contribution in [1.82, 2.24) is 25.1 Å². The zero-order chi connectivity index (χ0) is 27.4. The number of hydrogen-bond donors (Lipinski definition) is 3. The van der Waals surface area contributed by atoms with Crippen LogP contribution in [-0.4, -0.2) is 38.3 Å². The van der Waals surface area contributed by atoms with Crippen LogP contribution >= 0.6 is 0 Å². The second kappa shape index (κ2) is 11.1. The van der Waals surface area contributed by atoms with E-state index in [1.165, 1.54) is 0 Å². The number of rotatable bonds is 10. The maximum atomic E-state index is 13.2. The molecular weight excluding hydrogens is 488 g/mol. The van der Waals surface area contributed by atoms with Gasteiger partial charge in [0, 0.05) is 29.9 Å². The van der Waals surface area contributed by atoms with Gasteiger partial charge in [0.2, 0.25) is 5.91 Å². The molecule has 4 N–H and O–H groups in total. The number of benzene rings is 3. The van der Waals surface area contributed by atoms with E-state index in [9.17, 15) is 4.79 Å². The predicted molar refractivity (Wildman–Crippen MR) is 153 cm³/mol. The molecule has 1 amide bonds. The topological polar surface area (TPSA) is 111 Å². The molecule has 3 aromatic carbocycles. The lowest BCUT2D eigenvalue weighted by Crippen LogP contribution is -2.50. The van der Waals surface area contributed by atoms with E-state index in [-0.39, 0.29) is 5.91 Å². The number of nitrogens with one attached hydrogen (secondary N) is 2. The minimum Gasteiger partial charge on any atom is -0.497 e. The van der Waals surface area contributed by atoms with Crippen molar-refractivity contribution in [2.24, 2.45) is 5.73 Å². The fraction of sp³-hybridized carbons (Fsp3) is 0.258. The van der Waals surface area contributed by atoms with E-state index in [1.54, 1.807) is 21.0 Å². The summed E-state index contributed by atoms with van der Waals surface area (Å²) in [6.45, 7) is 3.92. The lowest BCUT2D eigenvalue weighted by Gasteiger charge is -2.25. The third-order valence-electron chi connectivity index (χ3n) is 6.84. The van der Waals surface area contributed by atoms with E-state index >= 15 is 0 Å². The van der Waals surface area contributed by atoms with E-state index in [4.69, 9.17) is 10.5 Å². The summed E-state index contributed by atoms with van der Waals surface area (Å²) in [6.07, 6.45) is 3.12. The minimum absolute atomic E-state index is 0.257. The molecule has 8 nitrogen and oxygen atoms in total. The Bertz CT molecular complexity index is 1570. The van der Waals surface area contributed by atoms with Crippen molar-refractivity contribution >= 4 is 16.8 Å². The highest BCUT2D eigenvalue weighted by Crippen LogP contribution is 2.26. The van der Waals surface area contributed by atoms with Gasteiger partial charge in [-0.3, -0.25) is 4.79 Å². The SMILES string of the molecule is COc1cccc(Cn2c(Cc3ccccc3)nnc2C(Cc2c[nH]c3ccccc23)NC(=O)C(C)(C)N)c1. The van der Waals surface area contributed by atoms with E-state index in [0.29, 0.717) is 25.2 Å². The zero-order valence-corrected chi connectivity index (χ0v) is 22.5. The van der Waals surface area contributed by atoms with Crippen molar-refractivity contribution in [3.05, 3.63) is 113 Å². The number of hydrogen-bond acceptors (Lipinski definition) is 5. The number of carbonyl (C=O) groups excluding carboxylic acids is 1. The van der Waals surface area contributed by atoms with Crippen LogP contribution in [0.3, 0.4) is 0 Å². The molecule has 0 radical (unpaired) electrons. The number of fused-ring (bicyclic) bond motifs is 1. The fourth-order valence-corrected chi connectivity index (χ4v) is 4.71. The monoisotopic (exact) mass is 522 g/mol. The Kier molecular flexibility index (Phi) is 7.47. The van der Waals surface area contributed by atoms with Gasteiger partial charge in [-0.1, -0.05) is 60.7 Å². The quantitative estimate of drug-likeness (QED) is 0.249. The largest absolute Gasteiger partial charge is 0.497 e. The summed E-state index contributed by atoms with van der Waals surface area (Å²) < 4.78 is 7.57. The van der Waals surface area contributed by atoms with Gasteiger partial charge in [-0.25, -0.2) is 0 Å². The summed E-state index contributed by atoms with van der Waals surface area (Å²) in [5, 5.41) is 13.6. The molecule has 0 saturated heterocycles. The molecule has 5 aromatic rings. The van der Waals surface area contributed by atoms with Crippen LogP contribution in [0.4, 0.5) is 0 Å². The molecule has 200 valence electrons. The molecule has 5 rings (SSSR count). The van der Waals surface area contributed by atoms with Crippen molar-refractivity contribution < 1.29 is 9.53 Å². The molecule has 0 aliphatic carbocycles. The summed E-state index contributed by atoms with van der Waals surface area (Å²) in [5.74, 6) is 2.00. The normalized spacial score (nSPS) is 12.4. The third-order valence-corrected chi connectivity index (χ3v) is 6.84. The number of amides is 1. The van der Waals surface area contributed by atoms with Gasteiger partial charge in [-0.2, -0.15) is 0 Å². The van der Waals surface area contributed by atoms with E-state index in [1.807, 2.05) is 60.8 Å². The van der Waals surface area contributed by atoms with Crippen LogP contribution < -0.4 is 15.8 Å². The number of methoxy groups -OCH3 is 1. The average molecular weight is 523 g/mol. The van der Waals surface area contributed by atoms with Crippen LogP contribution in [0.25, 0.3) is 10.9 Å². The van der Waals surface area contributed by atoms with Crippen molar-refractivity contribution in [3.63, 3.8) is 0 Å². The first-order valence-electron chi connectivity index (χ1n) is 13.1. The first kappa shape index (κ1) is 26.2. The molecule has 8 heteroatoms. The van der Waals surface area contributed by atoms with Crippen LogP contribution in [-0.2, 0) is 24.2 Å². The maximum absolute atomic E-state index is 13.2. The number of para-hydroxylation sites is 1. The van der Waals surface area contributed by atoms with Gasteiger partial charge in [-0.05, 0) is 48.7 Å². The van der Waals surface area contributed by atoms with E-state index < -0.39 is 11.6 Å². The molecule has 1 unspecified atom stereocenters. The summed E-state index contributed by atoms with van der Waals surface area (Å²) in [4.78, 5) is 16.5. The predicted octanol–water partition coefficient (Wildman–Crippen LogP) is 4.54. The number of aromatic amines is 1. The zero-order valence-electron chi connectivity index (χ0n) is 22.5. The van der Waals surface area contributed by atoms with Crippen molar-refractivity contribution in [2.45, 2.75) is 44.8 Å². The maximum Gasteiger partial charge on any atom is 0.240 e. The van der Waals surface area contributed by atoms with Gasteiger partial charge >= 0.3 is 0 Å². The van der Waals surface area contributed by atoms with Crippen LogP contribution in [0, 0.1) is 0 Å². The Labute approximate surface area is 228 Å². The second-order valence-corrected chi connectivity index (χ2v) is 10.4. The number of nitrogens with two attached hydrogens (primary N) is 1. The fourth-order valence-electron chi connectivity index (χ4n) is 4.71. The van der Waals surface area contributed by atoms with Crippen LogP contribution in [0.5, 0.6) is 5.75 Å². The highest BCUT2D eigenvalue weighted by atomic mass is 16.5. The van der Waals surface area contributed by atoms with Crippen LogP contribution in [0.2, 0.25) is 0 Å². The molecule has 1 atom stereocenters. The molecule has 0 aliphatic heterocycles. The smallest absolute Gasteiger partial charge is 0.240 e. The van der Waals surface area contributed by atoms with Gasteiger partial charge in [0.25, 0.3) is 0 Å². The van der Waals surface area contributed by atoms with Crippen LogP contribution in [0.15, 0.2) is 85.1 Å². The third kappa shape index (κ3) is 6.02. The van der Waals surface area contributed by atoms with Crippen molar-refractivity contribution in [1.29, 1.82) is 0 Å². The molecule has 0 spiro atoms. The van der Waals surface area contributed by atoms with Crippen molar-refractivity contribution in [2.75, 3.05) is 7.11 Å². The van der Waals surface area contributed by atoms with Gasteiger partial charge in [-0.15, -0.1) is 10.2 Å². The Morgan fingerprint density at radius 2 is 1.77 bits per heavy atom. The molecule has 2 heterocycles. The molecule has 0 bridgehead atoms. The standard InChI is InChI=1S/C31H34N6O2/c1-31(2,32)30(38)34-27(18-23-19-33-26-15-8-7-14-25(23)26)29-36-35-28(17-21-10-5-4-6-11-21)37(29)20-22-12-9-13-24(16-22)39-3/h4-16,19,27,33H,17-18,20,32H2,1-3H3,(H,34,38). The molecule has 2 aromatic heterocycles. The number of carbonyl (C=O) groups is 1. The Hall–Kier alpha value is -4.43. The summed E-state index contributed by atoms with van der Waals surface area (Å²) >= 11 is 0. The summed E-state index contributed by atoms with van der Waals surface area (Å²) in [5.41, 5.74) is 9.43. The Balaban J connectivity index is 1.58. The molecule has 0 saturated carbocycles. The molecule has 0 aliphatic rings. The van der Waals surface area contributed by atoms with Gasteiger partial charge in [0.15, 0.2) is 5.82 Å². The molecule has 39 heavy (non-hydrogen) atoms. The number of ether oxygens (including phenoxy) is 1. The summed E-state index contributed by atoms with van der Waals surface area (Å²) in [7, 11) is 1.66. The molecular formula is C31H34N6O2. The lowest BCUT2D eigenvalue weighted by molar-refractivity contribution is -0.126. The number of nitrogens with zero attached hydrogens (tertiary/aromatic N) is 3. The van der Waals surface area contributed by atoms with Gasteiger partial charge in [0.05, 0.1) is 25.2 Å². The number of aromatic nitrogens is 4. The van der Waals surface area contributed by atoms with E-state index in [0.717, 1.165) is 39.2 Å². The second-order valence-electron chi connectivity index (χ2n) is 10.4. The number of H-pyrrole nitrogens is 1. The first-order chi connectivity index (χ1) is 18.8. The van der Waals surface area contributed by atoms with Crippen LogP contribution in [0.1, 0.15) is 48.2 Å². The van der Waals surface area contributed by atoms with Crippen molar-refractivity contribution in [3.8, 4) is 5.75 Å². The van der Waals surface area contributed by atoms with E-state index in [2.05, 4.69) is 49.3 Å². The Morgan fingerprint density at radius 1 is 1.03 bits per heavy atom. The summed E-state index contributed by atoms with van der Waals surface area (Å²) in [6, 6.07) is 25.8. The lowest BCUT2D eigenvalue weighted by atomic mass is 10.0. The Morgan fingerprint density at radius 3 is 2.54 bits per heavy atom. The minimum atomic E-state index is -1.05. The molecule has 0 fully saturated rings. The first-order valence-corrected chi connectivity index (χ1v) is 13.1. The highest BCUT2D eigenvalue weighted by molar-refractivity contribution is 5.86. The average Bonchev–Trinajstić information content (AvgIpc) is 3.52. The van der Waals surface area contributed by atoms with Gasteiger partial charge < -0.3 is 25.3 Å².